The molecule has 4 rings (SSSR count). The van der Waals surface area contributed by atoms with Crippen LogP contribution in [0.25, 0.3) is 22.3 Å². The second-order valence-electron chi connectivity index (χ2n) is 7.59. The second-order valence-corrected chi connectivity index (χ2v) is 7.59. The van der Waals surface area contributed by atoms with E-state index in [4.69, 9.17) is 18.6 Å². The largest absolute Gasteiger partial charge is 0.508 e. The van der Waals surface area contributed by atoms with Crippen molar-refractivity contribution in [1.82, 2.24) is 0 Å². The number of phenols is 3. The van der Waals surface area contributed by atoms with Crippen molar-refractivity contribution in [2.24, 2.45) is 0 Å². The molecule has 0 bridgehead atoms. The van der Waals surface area contributed by atoms with E-state index in [9.17, 15) is 35.4 Å². The fraction of sp³-hybridized carbons (Fsp3) is 0.318. The van der Waals surface area contributed by atoms with Crippen LogP contribution in [0.1, 0.15) is 6.92 Å². The molecule has 0 aliphatic carbocycles. The number of fused-ring (bicyclic) bond motifs is 1. The van der Waals surface area contributed by atoms with Gasteiger partial charge in [0.1, 0.15) is 35.2 Å². The molecule has 176 valence electrons. The Kier molecular flexibility index (Phi) is 5.80. The first-order chi connectivity index (χ1) is 15.6. The predicted molar refractivity (Wildman–Crippen MR) is 112 cm³/mol. The lowest BCUT2D eigenvalue weighted by molar-refractivity contribution is -0.268. The van der Waals surface area contributed by atoms with Crippen molar-refractivity contribution < 1.29 is 49.3 Å². The van der Waals surface area contributed by atoms with E-state index in [1.165, 1.54) is 38.3 Å². The van der Waals surface area contributed by atoms with E-state index in [1.54, 1.807) is 0 Å². The van der Waals surface area contributed by atoms with Gasteiger partial charge in [-0.25, -0.2) is 0 Å². The third-order valence-electron chi connectivity index (χ3n) is 5.43. The summed E-state index contributed by atoms with van der Waals surface area (Å²) in [5, 5.41) is 60.4. The standard InChI is InChI=1S/C22H22O11/c1-8-14(25)17(28)18(29)22(31-8)33-21-16(27)13-11(24)7-12(30-2)15(26)20(13)32-19(21)9-3-5-10(23)6-4-9/h3-8,14,17-18,22-26,28-29H,1-2H3/t8-,14-,17+,18+,22-/m0/s1. The van der Waals surface area contributed by atoms with E-state index in [0.29, 0.717) is 0 Å². The van der Waals surface area contributed by atoms with Gasteiger partial charge in [0.15, 0.2) is 17.1 Å². The number of rotatable bonds is 4. The first kappa shape index (κ1) is 22.7. The van der Waals surface area contributed by atoms with Gasteiger partial charge in [0.2, 0.25) is 23.2 Å². The molecule has 5 atom stereocenters. The molecule has 1 saturated heterocycles. The molecule has 1 aromatic heterocycles. The highest BCUT2D eigenvalue weighted by atomic mass is 16.7. The van der Waals surface area contributed by atoms with Gasteiger partial charge >= 0.3 is 0 Å². The number of phenolic OH excluding ortho intramolecular Hbond substituents is 3. The first-order valence-electron chi connectivity index (χ1n) is 9.89. The summed E-state index contributed by atoms with van der Waals surface area (Å²) in [6, 6.07) is 6.47. The van der Waals surface area contributed by atoms with E-state index in [-0.39, 0.29) is 28.4 Å². The van der Waals surface area contributed by atoms with E-state index >= 15 is 0 Å². The van der Waals surface area contributed by atoms with E-state index in [0.717, 1.165) is 6.07 Å². The molecule has 11 nitrogen and oxygen atoms in total. The zero-order chi connectivity index (χ0) is 24.0. The van der Waals surface area contributed by atoms with Gasteiger partial charge in [-0.2, -0.15) is 0 Å². The van der Waals surface area contributed by atoms with Crippen LogP contribution in [0.3, 0.4) is 0 Å². The number of hydrogen-bond acceptors (Lipinski definition) is 11. The Morgan fingerprint density at radius 1 is 0.970 bits per heavy atom. The smallest absolute Gasteiger partial charge is 0.239 e. The van der Waals surface area contributed by atoms with Gasteiger partial charge in [-0.1, -0.05) is 0 Å². The molecule has 0 unspecified atom stereocenters. The molecule has 1 aliphatic rings. The summed E-state index contributed by atoms with van der Waals surface area (Å²) >= 11 is 0. The summed E-state index contributed by atoms with van der Waals surface area (Å²) in [5.74, 6) is -2.05. The number of ether oxygens (including phenoxy) is 3. The Morgan fingerprint density at radius 2 is 1.64 bits per heavy atom. The van der Waals surface area contributed by atoms with Gasteiger partial charge in [0.05, 0.1) is 13.2 Å². The normalized spacial score (nSPS) is 25.2. The molecule has 2 heterocycles. The lowest BCUT2D eigenvalue weighted by atomic mass is 10.00. The first-order valence-corrected chi connectivity index (χ1v) is 9.89. The van der Waals surface area contributed by atoms with E-state index < -0.39 is 58.8 Å². The highest BCUT2D eigenvalue weighted by Crippen LogP contribution is 2.43. The third kappa shape index (κ3) is 3.80. The molecule has 1 fully saturated rings. The maximum absolute atomic E-state index is 13.4. The molecule has 1 aliphatic heterocycles. The molecule has 6 N–H and O–H groups in total. The van der Waals surface area contributed by atoms with Crippen molar-refractivity contribution in [2.45, 2.75) is 37.6 Å². The van der Waals surface area contributed by atoms with Crippen molar-refractivity contribution in [3.05, 3.63) is 40.6 Å². The number of methoxy groups -OCH3 is 1. The third-order valence-corrected chi connectivity index (χ3v) is 5.43. The highest BCUT2D eigenvalue weighted by molar-refractivity contribution is 5.93. The average molecular weight is 462 g/mol. The Labute approximate surface area is 186 Å². The van der Waals surface area contributed by atoms with Crippen LogP contribution >= 0.6 is 0 Å². The molecule has 3 aromatic rings. The Balaban J connectivity index is 1.95. The highest BCUT2D eigenvalue weighted by Gasteiger charge is 2.44. The maximum atomic E-state index is 13.4. The van der Waals surface area contributed by atoms with Gasteiger partial charge < -0.3 is 49.3 Å². The fourth-order valence-electron chi connectivity index (χ4n) is 3.59. The maximum Gasteiger partial charge on any atom is 0.239 e. The molecule has 33 heavy (non-hydrogen) atoms. The number of aliphatic hydroxyl groups is 3. The van der Waals surface area contributed by atoms with Crippen LogP contribution in [0.2, 0.25) is 0 Å². The minimum Gasteiger partial charge on any atom is -0.508 e. The van der Waals surface area contributed by atoms with Gasteiger partial charge in [-0.05, 0) is 31.2 Å². The van der Waals surface area contributed by atoms with Gasteiger partial charge in [0.25, 0.3) is 0 Å². The minimum atomic E-state index is -1.73. The summed E-state index contributed by atoms with van der Waals surface area (Å²) in [6.07, 6.45) is -7.26. The molecule has 0 spiro atoms. The molecule has 0 radical (unpaired) electrons. The molecule has 0 saturated carbocycles. The van der Waals surface area contributed by atoms with Crippen molar-refractivity contribution in [1.29, 1.82) is 0 Å². The Hall–Kier alpha value is -3.51. The average Bonchev–Trinajstić information content (AvgIpc) is 2.79. The molecule has 2 aromatic carbocycles. The quantitative estimate of drug-likeness (QED) is 0.302. The van der Waals surface area contributed by atoms with Crippen molar-refractivity contribution >= 4 is 11.0 Å². The molecular formula is C22H22O11. The minimum absolute atomic E-state index is 0.0662. The van der Waals surface area contributed by atoms with Crippen LogP contribution in [0.5, 0.6) is 28.7 Å². The van der Waals surface area contributed by atoms with Gasteiger partial charge in [0, 0.05) is 11.6 Å². The fourth-order valence-corrected chi connectivity index (χ4v) is 3.59. The Morgan fingerprint density at radius 3 is 2.27 bits per heavy atom. The van der Waals surface area contributed by atoms with Crippen LogP contribution < -0.4 is 14.9 Å². The molecule has 11 heteroatoms. The second kappa shape index (κ2) is 8.45. The lowest BCUT2D eigenvalue weighted by Gasteiger charge is -2.38. The summed E-state index contributed by atoms with van der Waals surface area (Å²) < 4.78 is 21.8. The van der Waals surface area contributed by atoms with E-state index in [1.807, 2.05) is 0 Å². The van der Waals surface area contributed by atoms with E-state index in [2.05, 4.69) is 0 Å². The lowest BCUT2D eigenvalue weighted by Crippen LogP contribution is -2.58. The van der Waals surface area contributed by atoms with Gasteiger partial charge in [-0.3, -0.25) is 4.79 Å². The number of benzene rings is 2. The summed E-state index contributed by atoms with van der Waals surface area (Å²) in [6.45, 7) is 1.44. The summed E-state index contributed by atoms with van der Waals surface area (Å²) in [4.78, 5) is 13.4. The Bertz CT molecular complexity index is 1230. The van der Waals surface area contributed by atoms with Crippen LogP contribution in [0, 0.1) is 0 Å². The van der Waals surface area contributed by atoms with Gasteiger partial charge in [-0.15, -0.1) is 0 Å². The zero-order valence-electron chi connectivity index (χ0n) is 17.5. The van der Waals surface area contributed by atoms with Crippen molar-refractivity contribution in [3.8, 4) is 40.1 Å². The number of aliphatic hydroxyl groups excluding tert-OH is 3. The van der Waals surface area contributed by atoms with Crippen molar-refractivity contribution in [3.63, 3.8) is 0 Å². The van der Waals surface area contributed by atoms with Crippen LogP contribution in [0.4, 0.5) is 0 Å². The van der Waals surface area contributed by atoms with Crippen LogP contribution in [-0.2, 0) is 4.74 Å². The topological polar surface area (TPSA) is 179 Å². The number of aromatic hydroxyl groups is 3. The predicted octanol–water partition coefficient (Wildman–Crippen LogP) is 0.792. The van der Waals surface area contributed by atoms with Crippen LogP contribution in [0.15, 0.2) is 39.5 Å². The summed E-state index contributed by atoms with van der Waals surface area (Å²) in [5.41, 5.74) is -1.07. The molecule has 0 amide bonds. The van der Waals surface area contributed by atoms with Crippen LogP contribution in [-0.4, -0.2) is 68.5 Å². The van der Waals surface area contributed by atoms with Crippen molar-refractivity contribution in [2.75, 3.05) is 7.11 Å². The summed E-state index contributed by atoms with van der Waals surface area (Å²) in [7, 11) is 1.25. The SMILES string of the molecule is COc1cc(O)c2c(=O)c(O[C@@H]3O[C@@H](C)[C@H](O)[C@@H](O)[C@H]3O)c(-c3ccc(O)cc3)oc2c1O. The molecular weight excluding hydrogens is 440 g/mol. The zero-order valence-corrected chi connectivity index (χ0v) is 17.5. The number of hydrogen-bond donors (Lipinski definition) is 6. The monoisotopic (exact) mass is 462 g/mol.